The van der Waals surface area contributed by atoms with Gasteiger partial charge in [-0.1, -0.05) is 0 Å². The smallest absolute Gasteiger partial charge is 0.127 e. The second-order valence-corrected chi connectivity index (χ2v) is 6.41. The monoisotopic (exact) mass is 328 g/mol. The number of rotatable bonds is 5. The summed E-state index contributed by atoms with van der Waals surface area (Å²) in [4.78, 5) is 9.56. The van der Waals surface area contributed by atoms with E-state index in [9.17, 15) is 0 Å². The fourth-order valence-electron chi connectivity index (χ4n) is 3.47. The lowest BCUT2D eigenvalue weighted by Crippen LogP contribution is -2.61. The lowest BCUT2D eigenvalue weighted by molar-refractivity contribution is -0.0351. The van der Waals surface area contributed by atoms with E-state index < -0.39 is 0 Å². The number of aromatic nitrogens is 2. The minimum atomic E-state index is 0.679. The first-order chi connectivity index (χ1) is 11.8. The summed E-state index contributed by atoms with van der Waals surface area (Å²) >= 11 is 0. The Bertz CT molecular complexity index is 658. The number of ether oxygens (including phenoxy) is 2. The van der Waals surface area contributed by atoms with Crippen LogP contribution in [0.15, 0.2) is 36.7 Å². The predicted molar refractivity (Wildman–Crippen MR) is 91.6 cm³/mol. The Hall–Kier alpha value is -1.89. The van der Waals surface area contributed by atoms with E-state index in [2.05, 4.69) is 31.5 Å². The van der Waals surface area contributed by atoms with E-state index >= 15 is 0 Å². The molecule has 0 aliphatic carbocycles. The van der Waals surface area contributed by atoms with Gasteiger partial charge in [0.2, 0.25) is 0 Å². The lowest BCUT2D eigenvalue weighted by atomic mass is 10.1. The first-order valence-corrected chi connectivity index (χ1v) is 8.54. The summed E-state index contributed by atoms with van der Waals surface area (Å²) in [6.45, 7) is 7.01. The van der Waals surface area contributed by atoms with E-state index in [4.69, 9.17) is 9.47 Å². The molecule has 2 aliphatic heterocycles. The van der Waals surface area contributed by atoms with Crippen molar-refractivity contribution in [2.45, 2.75) is 12.6 Å². The van der Waals surface area contributed by atoms with Gasteiger partial charge >= 0.3 is 0 Å². The summed E-state index contributed by atoms with van der Waals surface area (Å²) in [5, 5.41) is 0. The third kappa shape index (κ3) is 3.17. The van der Waals surface area contributed by atoms with E-state index in [-0.39, 0.29) is 0 Å². The van der Waals surface area contributed by atoms with Gasteiger partial charge in [0.05, 0.1) is 26.9 Å². The first-order valence-electron chi connectivity index (χ1n) is 8.54. The molecule has 0 amide bonds. The van der Waals surface area contributed by atoms with E-state index in [1.54, 1.807) is 7.11 Å². The van der Waals surface area contributed by atoms with E-state index in [0.29, 0.717) is 6.04 Å². The average Bonchev–Trinajstić information content (AvgIpc) is 3.07. The minimum absolute atomic E-state index is 0.679. The fourth-order valence-corrected chi connectivity index (χ4v) is 3.47. The zero-order valence-corrected chi connectivity index (χ0v) is 14.1. The molecule has 1 aromatic carbocycles. The zero-order chi connectivity index (χ0) is 16.4. The number of methoxy groups -OCH3 is 1. The van der Waals surface area contributed by atoms with Crippen LogP contribution < -0.4 is 4.74 Å². The molecular formula is C18H24N4O2. The second kappa shape index (κ2) is 6.93. The van der Waals surface area contributed by atoms with Crippen LogP contribution in [-0.2, 0) is 11.3 Å². The molecule has 2 aromatic rings. The van der Waals surface area contributed by atoms with Crippen LogP contribution in [0.2, 0.25) is 0 Å². The van der Waals surface area contributed by atoms with Crippen LogP contribution in [0.5, 0.6) is 5.75 Å². The Kier molecular flexibility index (Phi) is 4.51. The van der Waals surface area contributed by atoms with Gasteiger partial charge in [-0.3, -0.25) is 9.80 Å². The number of morpholine rings is 1. The van der Waals surface area contributed by atoms with Crippen LogP contribution in [-0.4, -0.2) is 71.9 Å². The van der Waals surface area contributed by atoms with Gasteiger partial charge in [-0.05, 0) is 24.3 Å². The summed E-state index contributed by atoms with van der Waals surface area (Å²) in [5.74, 6) is 1.96. The van der Waals surface area contributed by atoms with Gasteiger partial charge in [-0.15, -0.1) is 0 Å². The largest absolute Gasteiger partial charge is 0.497 e. The lowest BCUT2D eigenvalue weighted by Gasteiger charge is -2.46. The van der Waals surface area contributed by atoms with Crippen LogP contribution in [0.25, 0.3) is 5.69 Å². The first kappa shape index (κ1) is 15.6. The van der Waals surface area contributed by atoms with E-state index in [0.717, 1.165) is 63.2 Å². The molecule has 0 atom stereocenters. The van der Waals surface area contributed by atoms with Crippen molar-refractivity contribution < 1.29 is 9.47 Å². The number of nitrogens with zero attached hydrogens (tertiary/aromatic N) is 4. The van der Waals surface area contributed by atoms with Gasteiger partial charge < -0.3 is 14.0 Å². The summed E-state index contributed by atoms with van der Waals surface area (Å²) in [6, 6.07) is 8.78. The molecule has 0 saturated carbocycles. The minimum Gasteiger partial charge on any atom is -0.497 e. The summed E-state index contributed by atoms with van der Waals surface area (Å²) < 4.78 is 12.8. The molecule has 6 heteroatoms. The van der Waals surface area contributed by atoms with Crippen LogP contribution in [0.3, 0.4) is 0 Å². The molecular weight excluding hydrogens is 304 g/mol. The normalized spacial score (nSPS) is 20.0. The van der Waals surface area contributed by atoms with Crippen molar-refractivity contribution in [3.63, 3.8) is 0 Å². The van der Waals surface area contributed by atoms with Gasteiger partial charge in [0.15, 0.2) is 0 Å². The van der Waals surface area contributed by atoms with Gasteiger partial charge in [-0.25, -0.2) is 4.98 Å². The topological polar surface area (TPSA) is 42.8 Å². The quantitative estimate of drug-likeness (QED) is 0.830. The average molecular weight is 328 g/mol. The highest BCUT2D eigenvalue weighted by Gasteiger charge is 2.32. The number of hydrogen-bond donors (Lipinski definition) is 0. The molecule has 2 aliphatic rings. The molecule has 0 radical (unpaired) electrons. The standard InChI is InChI=1S/C18H24N4O2/c1-23-17-4-2-15(3-5-17)22-7-6-19-18(22)14-20-12-16(13-20)21-8-10-24-11-9-21/h2-7,16H,8-14H2,1H3. The Labute approximate surface area is 142 Å². The maximum Gasteiger partial charge on any atom is 0.127 e. The van der Waals surface area contributed by atoms with Gasteiger partial charge in [-0.2, -0.15) is 0 Å². The molecule has 3 heterocycles. The summed E-state index contributed by atoms with van der Waals surface area (Å²) in [6.07, 6.45) is 3.90. The maximum atomic E-state index is 5.43. The number of likely N-dealkylation sites (tertiary alicyclic amines) is 1. The molecule has 0 spiro atoms. The van der Waals surface area contributed by atoms with Crippen molar-refractivity contribution >= 4 is 0 Å². The number of imidazole rings is 1. The fraction of sp³-hybridized carbons (Fsp3) is 0.500. The predicted octanol–water partition coefficient (Wildman–Crippen LogP) is 1.40. The molecule has 0 N–H and O–H groups in total. The van der Waals surface area contributed by atoms with Crippen LogP contribution in [0.1, 0.15) is 5.82 Å². The molecule has 128 valence electrons. The Balaban J connectivity index is 1.37. The van der Waals surface area contributed by atoms with Crippen molar-refractivity contribution in [2.24, 2.45) is 0 Å². The van der Waals surface area contributed by atoms with Gasteiger partial charge in [0, 0.05) is 50.3 Å². The molecule has 24 heavy (non-hydrogen) atoms. The zero-order valence-electron chi connectivity index (χ0n) is 14.1. The van der Waals surface area contributed by atoms with Crippen molar-refractivity contribution in [3.05, 3.63) is 42.5 Å². The molecule has 0 bridgehead atoms. The van der Waals surface area contributed by atoms with Gasteiger partial charge in [0.25, 0.3) is 0 Å². The number of benzene rings is 1. The highest BCUT2D eigenvalue weighted by atomic mass is 16.5. The third-order valence-corrected chi connectivity index (χ3v) is 4.93. The van der Waals surface area contributed by atoms with Crippen LogP contribution in [0, 0.1) is 0 Å². The summed E-state index contributed by atoms with van der Waals surface area (Å²) in [7, 11) is 1.69. The molecule has 2 saturated heterocycles. The van der Waals surface area contributed by atoms with Crippen molar-refractivity contribution in [1.29, 1.82) is 0 Å². The Morgan fingerprint density at radius 2 is 1.92 bits per heavy atom. The highest BCUT2D eigenvalue weighted by Crippen LogP contribution is 2.21. The van der Waals surface area contributed by atoms with Crippen molar-refractivity contribution in [2.75, 3.05) is 46.5 Å². The molecule has 1 aromatic heterocycles. The van der Waals surface area contributed by atoms with Crippen LogP contribution >= 0.6 is 0 Å². The third-order valence-electron chi connectivity index (χ3n) is 4.93. The molecule has 0 unspecified atom stereocenters. The second-order valence-electron chi connectivity index (χ2n) is 6.41. The van der Waals surface area contributed by atoms with Crippen molar-refractivity contribution in [1.82, 2.24) is 19.4 Å². The Morgan fingerprint density at radius 3 is 2.62 bits per heavy atom. The van der Waals surface area contributed by atoms with E-state index in [1.807, 2.05) is 24.5 Å². The van der Waals surface area contributed by atoms with Crippen LogP contribution in [0.4, 0.5) is 0 Å². The molecule has 4 rings (SSSR count). The van der Waals surface area contributed by atoms with Gasteiger partial charge in [0.1, 0.15) is 11.6 Å². The molecule has 2 fully saturated rings. The molecule has 6 nitrogen and oxygen atoms in total. The van der Waals surface area contributed by atoms with E-state index in [1.165, 1.54) is 0 Å². The highest BCUT2D eigenvalue weighted by molar-refractivity contribution is 5.38. The maximum absolute atomic E-state index is 5.43. The number of hydrogen-bond acceptors (Lipinski definition) is 5. The summed E-state index contributed by atoms with van der Waals surface area (Å²) in [5.41, 5.74) is 1.12. The Morgan fingerprint density at radius 1 is 1.17 bits per heavy atom. The SMILES string of the molecule is COc1ccc(-n2ccnc2CN2CC(N3CCOCC3)C2)cc1. The van der Waals surface area contributed by atoms with Crippen molar-refractivity contribution in [3.8, 4) is 11.4 Å².